The molecular formula is C10H13NO2S. The molecule has 0 bridgehead atoms. The number of anilines is 1. The van der Waals surface area contributed by atoms with Crippen LogP contribution in [0.5, 0.6) is 0 Å². The Kier molecular flexibility index (Phi) is 2.33. The molecule has 14 heavy (non-hydrogen) atoms. The molecule has 3 nitrogen and oxygen atoms in total. The average Bonchev–Trinajstić information content (AvgIpc) is 2.61. The topological polar surface area (TPSA) is 40.5 Å². The molecule has 1 aliphatic rings. The van der Waals surface area contributed by atoms with Gasteiger partial charge in [-0.15, -0.1) is 11.3 Å². The minimum Gasteiger partial charge on any atom is -0.386 e. The van der Waals surface area contributed by atoms with Crippen molar-refractivity contribution in [3.8, 4) is 0 Å². The number of carbonyl (C=O) groups is 1. The van der Waals surface area contributed by atoms with E-state index in [2.05, 4.69) is 4.90 Å². The van der Waals surface area contributed by atoms with Crippen molar-refractivity contribution in [1.82, 2.24) is 0 Å². The van der Waals surface area contributed by atoms with Gasteiger partial charge in [-0.1, -0.05) is 6.92 Å². The van der Waals surface area contributed by atoms with Gasteiger partial charge < -0.3 is 10.0 Å². The maximum Gasteiger partial charge on any atom is 0.160 e. The molecular weight excluding hydrogens is 198 g/mol. The summed E-state index contributed by atoms with van der Waals surface area (Å²) in [5, 5.41) is 10.9. The van der Waals surface area contributed by atoms with Crippen molar-refractivity contribution in [2.24, 2.45) is 0 Å². The number of β-amino-alcohol motifs (C(OH)–C–C–N with tert-alkyl or cyclic N) is 1. The van der Waals surface area contributed by atoms with E-state index >= 15 is 0 Å². The number of hydrogen-bond acceptors (Lipinski definition) is 4. The molecule has 2 heterocycles. The van der Waals surface area contributed by atoms with E-state index < -0.39 is 5.60 Å². The zero-order valence-electron chi connectivity index (χ0n) is 8.06. The molecule has 1 aromatic rings. The van der Waals surface area contributed by atoms with Gasteiger partial charge in [-0.05, 0) is 18.6 Å². The Labute approximate surface area is 87.0 Å². The van der Waals surface area contributed by atoms with Gasteiger partial charge in [0.15, 0.2) is 6.29 Å². The molecule has 0 unspecified atom stereocenters. The molecule has 0 atom stereocenters. The first-order chi connectivity index (χ1) is 6.67. The average molecular weight is 211 g/mol. The third-order valence-electron chi connectivity index (χ3n) is 2.67. The maximum atomic E-state index is 10.5. The Hall–Kier alpha value is -0.870. The maximum absolute atomic E-state index is 10.5. The molecule has 0 aliphatic carbocycles. The lowest BCUT2D eigenvalue weighted by Crippen LogP contribution is -2.61. The van der Waals surface area contributed by atoms with Crippen LogP contribution in [0.25, 0.3) is 0 Å². The summed E-state index contributed by atoms with van der Waals surface area (Å²) in [6.07, 6.45) is 1.65. The largest absolute Gasteiger partial charge is 0.386 e. The molecule has 2 rings (SSSR count). The van der Waals surface area contributed by atoms with Crippen molar-refractivity contribution in [2.75, 3.05) is 18.0 Å². The van der Waals surface area contributed by atoms with E-state index in [-0.39, 0.29) is 0 Å². The van der Waals surface area contributed by atoms with E-state index in [1.54, 1.807) is 0 Å². The van der Waals surface area contributed by atoms with Crippen molar-refractivity contribution >= 4 is 22.6 Å². The van der Waals surface area contributed by atoms with Crippen LogP contribution in [0.4, 0.5) is 5.00 Å². The van der Waals surface area contributed by atoms with Gasteiger partial charge in [-0.25, -0.2) is 0 Å². The van der Waals surface area contributed by atoms with Crippen LogP contribution in [-0.4, -0.2) is 30.1 Å². The normalized spacial score (nSPS) is 19.1. The molecule has 0 aromatic carbocycles. The van der Waals surface area contributed by atoms with E-state index in [0.717, 1.165) is 22.6 Å². The third kappa shape index (κ3) is 1.55. The lowest BCUT2D eigenvalue weighted by atomic mass is 9.92. The van der Waals surface area contributed by atoms with E-state index in [0.29, 0.717) is 13.1 Å². The minimum absolute atomic E-state index is 0.509. The molecule has 1 fully saturated rings. The Morgan fingerprint density at radius 2 is 2.36 bits per heavy atom. The van der Waals surface area contributed by atoms with Crippen molar-refractivity contribution in [1.29, 1.82) is 0 Å². The lowest BCUT2D eigenvalue weighted by Gasteiger charge is -2.46. The highest BCUT2D eigenvalue weighted by molar-refractivity contribution is 7.17. The Bertz CT molecular complexity index is 342. The van der Waals surface area contributed by atoms with Crippen molar-refractivity contribution < 1.29 is 9.90 Å². The summed E-state index contributed by atoms with van der Waals surface area (Å²) in [6.45, 7) is 3.35. The molecule has 0 spiro atoms. The van der Waals surface area contributed by atoms with E-state index in [9.17, 15) is 9.90 Å². The number of hydrogen-bond donors (Lipinski definition) is 1. The lowest BCUT2D eigenvalue weighted by molar-refractivity contribution is 0.00893. The molecule has 4 heteroatoms. The van der Waals surface area contributed by atoms with Gasteiger partial charge in [0.1, 0.15) is 0 Å². The van der Waals surface area contributed by atoms with Crippen LogP contribution in [0, 0.1) is 0 Å². The SMILES string of the molecule is CCC1(O)CN(c2ccc(C=O)s2)C1. The second-order valence-corrected chi connectivity index (χ2v) is 4.82. The fourth-order valence-electron chi connectivity index (χ4n) is 1.62. The van der Waals surface area contributed by atoms with Crippen LogP contribution in [0.2, 0.25) is 0 Å². The summed E-state index contributed by atoms with van der Waals surface area (Å²) in [6, 6.07) is 3.75. The van der Waals surface area contributed by atoms with Gasteiger partial charge in [0, 0.05) is 13.1 Å². The molecule has 1 aromatic heterocycles. The quantitative estimate of drug-likeness (QED) is 0.771. The minimum atomic E-state index is -0.509. The summed E-state index contributed by atoms with van der Waals surface area (Å²) < 4.78 is 0. The van der Waals surface area contributed by atoms with Crippen LogP contribution in [0.15, 0.2) is 12.1 Å². The Morgan fingerprint density at radius 3 is 2.86 bits per heavy atom. The van der Waals surface area contributed by atoms with Crippen LogP contribution in [0.3, 0.4) is 0 Å². The van der Waals surface area contributed by atoms with Gasteiger partial charge in [0.05, 0.1) is 15.5 Å². The van der Waals surface area contributed by atoms with Crippen LogP contribution in [0.1, 0.15) is 23.0 Å². The first-order valence-corrected chi connectivity index (χ1v) is 5.51. The zero-order chi connectivity index (χ0) is 10.2. The van der Waals surface area contributed by atoms with E-state index in [1.165, 1.54) is 11.3 Å². The van der Waals surface area contributed by atoms with Crippen molar-refractivity contribution in [3.05, 3.63) is 17.0 Å². The summed E-state index contributed by atoms with van der Waals surface area (Å²) in [7, 11) is 0. The number of carbonyl (C=O) groups excluding carboxylic acids is 1. The Morgan fingerprint density at radius 1 is 1.64 bits per heavy atom. The molecule has 1 N–H and O–H groups in total. The van der Waals surface area contributed by atoms with E-state index in [1.807, 2.05) is 19.1 Å². The molecule has 0 radical (unpaired) electrons. The molecule has 76 valence electrons. The fraction of sp³-hybridized carbons (Fsp3) is 0.500. The second kappa shape index (κ2) is 3.37. The number of aliphatic hydroxyl groups is 1. The standard InChI is InChI=1S/C10H13NO2S/c1-2-10(13)6-11(7-10)9-4-3-8(5-12)14-9/h3-5,13H,2,6-7H2,1H3. The highest BCUT2D eigenvalue weighted by Gasteiger charge is 2.39. The number of nitrogens with zero attached hydrogens (tertiary/aromatic N) is 1. The number of thiophene rings is 1. The number of aldehydes is 1. The summed E-state index contributed by atoms with van der Waals surface area (Å²) in [4.78, 5) is 13.3. The predicted molar refractivity (Wildman–Crippen MR) is 57.2 cm³/mol. The van der Waals surface area contributed by atoms with Gasteiger partial charge in [0.25, 0.3) is 0 Å². The number of rotatable bonds is 3. The fourth-order valence-corrected chi connectivity index (χ4v) is 2.44. The van der Waals surface area contributed by atoms with Crippen LogP contribution >= 0.6 is 11.3 Å². The van der Waals surface area contributed by atoms with E-state index in [4.69, 9.17) is 0 Å². The molecule has 1 saturated heterocycles. The molecule has 0 amide bonds. The van der Waals surface area contributed by atoms with Crippen LogP contribution in [-0.2, 0) is 0 Å². The van der Waals surface area contributed by atoms with Gasteiger partial charge in [-0.2, -0.15) is 0 Å². The van der Waals surface area contributed by atoms with Crippen molar-refractivity contribution in [3.63, 3.8) is 0 Å². The highest BCUT2D eigenvalue weighted by atomic mass is 32.1. The second-order valence-electron chi connectivity index (χ2n) is 3.73. The Balaban J connectivity index is 2.02. The third-order valence-corrected chi connectivity index (χ3v) is 3.74. The summed E-state index contributed by atoms with van der Waals surface area (Å²) >= 11 is 1.47. The summed E-state index contributed by atoms with van der Waals surface area (Å²) in [5.41, 5.74) is -0.509. The van der Waals surface area contributed by atoms with Gasteiger partial charge in [-0.3, -0.25) is 4.79 Å². The molecule has 0 saturated carbocycles. The summed E-state index contributed by atoms with van der Waals surface area (Å²) in [5.74, 6) is 0. The smallest absolute Gasteiger partial charge is 0.160 e. The van der Waals surface area contributed by atoms with Crippen LogP contribution < -0.4 is 4.90 Å². The van der Waals surface area contributed by atoms with Crippen molar-refractivity contribution in [2.45, 2.75) is 18.9 Å². The van der Waals surface area contributed by atoms with Gasteiger partial charge >= 0.3 is 0 Å². The predicted octanol–water partition coefficient (Wildman–Crippen LogP) is 1.52. The highest BCUT2D eigenvalue weighted by Crippen LogP contribution is 2.34. The monoisotopic (exact) mass is 211 g/mol. The first kappa shape index (κ1) is 9.68. The molecule has 1 aliphatic heterocycles. The zero-order valence-corrected chi connectivity index (χ0v) is 8.88. The first-order valence-electron chi connectivity index (χ1n) is 4.69. The van der Waals surface area contributed by atoms with Gasteiger partial charge in [0.2, 0.25) is 0 Å².